The molecule has 1 saturated heterocycles. The third-order valence-corrected chi connectivity index (χ3v) is 4.48. The van der Waals surface area contributed by atoms with Crippen LogP contribution in [0.15, 0.2) is 30.3 Å². The van der Waals surface area contributed by atoms with Crippen LogP contribution in [0, 0.1) is 11.8 Å². The molecule has 3 atom stereocenters. The van der Waals surface area contributed by atoms with E-state index in [0.29, 0.717) is 18.6 Å². The highest BCUT2D eigenvalue weighted by molar-refractivity contribution is 5.74. The second-order valence-electron chi connectivity index (χ2n) is 5.60. The Morgan fingerprint density at radius 2 is 2.11 bits per heavy atom. The third-order valence-electron chi connectivity index (χ3n) is 4.48. The summed E-state index contributed by atoms with van der Waals surface area (Å²) in [6, 6.07) is 10.9. The first-order valence-corrected chi connectivity index (χ1v) is 7.24. The normalized spacial score (nSPS) is 29.6. The predicted molar refractivity (Wildman–Crippen MR) is 73.5 cm³/mol. The molecule has 1 heterocycles. The van der Waals surface area contributed by atoms with E-state index < -0.39 is 0 Å². The maximum atomic E-state index is 12.1. The summed E-state index contributed by atoms with van der Waals surface area (Å²) in [6.45, 7) is 4.38. The van der Waals surface area contributed by atoms with E-state index in [4.69, 9.17) is 4.74 Å². The standard InChI is InChI=1S/C16H21NO2/c1-2-19-16(18)15-13-8-9-14(15)17(11-13)10-12-6-4-3-5-7-12/h3-7,13-15H,2,8-11H2,1H3/t13-,14-,15-/m0/s1. The molecular weight excluding hydrogens is 238 g/mol. The highest BCUT2D eigenvalue weighted by atomic mass is 16.5. The maximum Gasteiger partial charge on any atom is 0.310 e. The molecule has 0 N–H and O–H groups in total. The van der Waals surface area contributed by atoms with Crippen LogP contribution < -0.4 is 0 Å². The van der Waals surface area contributed by atoms with E-state index >= 15 is 0 Å². The zero-order chi connectivity index (χ0) is 13.2. The van der Waals surface area contributed by atoms with Crippen molar-refractivity contribution in [1.82, 2.24) is 4.90 Å². The molecule has 0 radical (unpaired) electrons. The van der Waals surface area contributed by atoms with Crippen LogP contribution in [0.5, 0.6) is 0 Å². The van der Waals surface area contributed by atoms with Crippen molar-refractivity contribution in [3.63, 3.8) is 0 Å². The molecule has 102 valence electrons. The molecule has 0 spiro atoms. The van der Waals surface area contributed by atoms with Crippen molar-refractivity contribution >= 4 is 5.97 Å². The molecule has 2 fully saturated rings. The number of carbonyl (C=O) groups excluding carboxylic acids is 1. The zero-order valence-electron chi connectivity index (χ0n) is 11.4. The van der Waals surface area contributed by atoms with Gasteiger partial charge in [0, 0.05) is 19.1 Å². The zero-order valence-corrected chi connectivity index (χ0v) is 11.4. The summed E-state index contributed by atoms with van der Waals surface area (Å²) in [5.74, 6) is 0.641. The molecule has 19 heavy (non-hydrogen) atoms. The average molecular weight is 259 g/mol. The topological polar surface area (TPSA) is 29.5 Å². The van der Waals surface area contributed by atoms with Crippen molar-refractivity contribution in [3.05, 3.63) is 35.9 Å². The van der Waals surface area contributed by atoms with E-state index in [1.807, 2.05) is 13.0 Å². The predicted octanol–water partition coefficient (Wildman–Crippen LogP) is 2.46. The Morgan fingerprint density at radius 1 is 1.32 bits per heavy atom. The van der Waals surface area contributed by atoms with E-state index in [9.17, 15) is 4.79 Å². The van der Waals surface area contributed by atoms with Gasteiger partial charge in [-0.1, -0.05) is 30.3 Å². The van der Waals surface area contributed by atoms with Gasteiger partial charge >= 0.3 is 5.97 Å². The smallest absolute Gasteiger partial charge is 0.310 e. The van der Waals surface area contributed by atoms with Crippen LogP contribution in [0.4, 0.5) is 0 Å². The van der Waals surface area contributed by atoms with E-state index in [-0.39, 0.29) is 11.9 Å². The number of nitrogens with zero attached hydrogens (tertiary/aromatic N) is 1. The highest BCUT2D eigenvalue weighted by Gasteiger charge is 2.50. The van der Waals surface area contributed by atoms with Crippen molar-refractivity contribution in [2.75, 3.05) is 13.2 Å². The summed E-state index contributed by atoms with van der Waals surface area (Å²) < 4.78 is 5.24. The van der Waals surface area contributed by atoms with Gasteiger partial charge in [0.05, 0.1) is 12.5 Å². The van der Waals surface area contributed by atoms with Crippen LogP contribution in [0.25, 0.3) is 0 Å². The van der Waals surface area contributed by atoms with E-state index in [0.717, 1.165) is 19.5 Å². The molecule has 0 amide bonds. The Morgan fingerprint density at radius 3 is 2.84 bits per heavy atom. The van der Waals surface area contributed by atoms with Crippen molar-refractivity contribution in [2.24, 2.45) is 11.8 Å². The number of rotatable bonds is 4. The first kappa shape index (κ1) is 12.7. The molecule has 2 aliphatic rings. The Balaban J connectivity index is 1.69. The minimum Gasteiger partial charge on any atom is -0.466 e. The van der Waals surface area contributed by atoms with Crippen LogP contribution in [0.3, 0.4) is 0 Å². The van der Waals surface area contributed by atoms with Gasteiger partial charge in [0.2, 0.25) is 0 Å². The second kappa shape index (κ2) is 5.33. The van der Waals surface area contributed by atoms with E-state index in [2.05, 4.69) is 29.2 Å². The van der Waals surface area contributed by atoms with Crippen LogP contribution in [-0.4, -0.2) is 30.1 Å². The Hall–Kier alpha value is -1.35. The van der Waals surface area contributed by atoms with Gasteiger partial charge in [-0.15, -0.1) is 0 Å². The van der Waals surface area contributed by atoms with Gasteiger partial charge in [-0.05, 0) is 31.2 Å². The lowest BCUT2D eigenvalue weighted by Crippen LogP contribution is -2.34. The summed E-state index contributed by atoms with van der Waals surface area (Å²) in [7, 11) is 0. The average Bonchev–Trinajstić information content (AvgIpc) is 2.97. The number of hydrogen-bond donors (Lipinski definition) is 0. The molecule has 3 nitrogen and oxygen atoms in total. The molecule has 1 aromatic rings. The number of carbonyl (C=O) groups is 1. The monoisotopic (exact) mass is 259 g/mol. The number of ether oxygens (including phenoxy) is 1. The van der Waals surface area contributed by atoms with Crippen molar-refractivity contribution in [1.29, 1.82) is 0 Å². The lowest BCUT2D eigenvalue weighted by Gasteiger charge is -2.27. The Kier molecular flexibility index (Phi) is 3.56. The van der Waals surface area contributed by atoms with Crippen molar-refractivity contribution in [2.45, 2.75) is 32.4 Å². The SMILES string of the molecule is CCOC(=O)[C@H]1[C@H]2CC[C@@H]1N(Cc1ccccc1)C2. The fourth-order valence-corrected chi connectivity index (χ4v) is 3.70. The molecule has 3 rings (SSSR count). The number of piperidine rings is 1. The van der Waals surface area contributed by atoms with Crippen LogP contribution >= 0.6 is 0 Å². The Bertz CT molecular complexity index is 445. The molecule has 1 saturated carbocycles. The number of benzene rings is 1. The van der Waals surface area contributed by atoms with E-state index in [1.165, 1.54) is 12.0 Å². The minimum absolute atomic E-state index is 0.0190. The van der Waals surface area contributed by atoms with Crippen molar-refractivity contribution in [3.8, 4) is 0 Å². The summed E-state index contributed by atoms with van der Waals surface area (Å²) in [5, 5.41) is 0. The van der Waals surface area contributed by atoms with E-state index in [1.54, 1.807) is 0 Å². The van der Waals surface area contributed by atoms with Crippen LogP contribution in [0.2, 0.25) is 0 Å². The van der Waals surface area contributed by atoms with Gasteiger partial charge in [-0.2, -0.15) is 0 Å². The molecule has 2 bridgehead atoms. The van der Waals surface area contributed by atoms with Crippen LogP contribution in [-0.2, 0) is 16.1 Å². The first-order valence-electron chi connectivity index (χ1n) is 7.24. The number of fused-ring (bicyclic) bond motifs is 2. The van der Waals surface area contributed by atoms with Gasteiger partial charge in [-0.25, -0.2) is 0 Å². The summed E-state index contributed by atoms with van der Waals surface area (Å²) in [5.41, 5.74) is 1.33. The number of esters is 1. The molecule has 1 aliphatic carbocycles. The summed E-state index contributed by atoms with van der Waals surface area (Å²) >= 11 is 0. The number of hydrogen-bond acceptors (Lipinski definition) is 3. The molecule has 0 aromatic heterocycles. The van der Waals surface area contributed by atoms with Gasteiger partial charge in [-0.3, -0.25) is 9.69 Å². The number of likely N-dealkylation sites (tertiary alicyclic amines) is 1. The quantitative estimate of drug-likeness (QED) is 0.778. The third kappa shape index (κ3) is 2.39. The van der Waals surface area contributed by atoms with Gasteiger partial charge in [0.1, 0.15) is 0 Å². The molecule has 1 aromatic carbocycles. The summed E-state index contributed by atoms with van der Waals surface area (Å²) in [4.78, 5) is 14.5. The minimum atomic E-state index is 0.0190. The molecule has 1 aliphatic heterocycles. The van der Waals surface area contributed by atoms with Gasteiger partial charge in [0.25, 0.3) is 0 Å². The first-order chi connectivity index (χ1) is 9.29. The molecule has 3 heteroatoms. The van der Waals surface area contributed by atoms with Gasteiger partial charge < -0.3 is 4.74 Å². The molecular formula is C16H21NO2. The lowest BCUT2D eigenvalue weighted by atomic mass is 9.99. The fraction of sp³-hybridized carbons (Fsp3) is 0.562. The molecule has 0 unspecified atom stereocenters. The fourth-order valence-electron chi connectivity index (χ4n) is 3.70. The lowest BCUT2D eigenvalue weighted by molar-refractivity contribution is -0.149. The highest BCUT2D eigenvalue weighted by Crippen LogP contribution is 2.43. The Labute approximate surface area is 114 Å². The maximum absolute atomic E-state index is 12.1. The van der Waals surface area contributed by atoms with Crippen LogP contribution in [0.1, 0.15) is 25.3 Å². The largest absolute Gasteiger partial charge is 0.466 e. The summed E-state index contributed by atoms with van der Waals surface area (Å²) in [6.07, 6.45) is 2.32. The van der Waals surface area contributed by atoms with Gasteiger partial charge in [0.15, 0.2) is 0 Å². The van der Waals surface area contributed by atoms with Crippen molar-refractivity contribution < 1.29 is 9.53 Å². The second-order valence-corrected chi connectivity index (χ2v) is 5.60.